The fourth-order valence-electron chi connectivity index (χ4n) is 2.00. The molecule has 0 aliphatic rings. The Bertz CT molecular complexity index is 752. The minimum atomic E-state index is 0.557. The number of rotatable bonds is 1. The maximum Gasteiger partial charge on any atom is 0.168 e. The summed E-state index contributed by atoms with van der Waals surface area (Å²) in [4.78, 5) is 4.52. The van der Waals surface area contributed by atoms with Gasteiger partial charge in [0.05, 0.1) is 10.2 Å². The van der Waals surface area contributed by atoms with Gasteiger partial charge in [-0.2, -0.15) is 0 Å². The van der Waals surface area contributed by atoms with Crippen LogP contribution in [-0.4, -0.2) is 4.98 Å². The molecule has 0 spiro atoms. The molecule has 0 saturated heterocycles. The molecule has 0 amide bonds. The van der Waals surface area contributed by atoms with Crippen molar-refractivity contribution in [3.63, 3.8) is 0 Å². The van der Waals surface area contributed by atoms with Gasteiger partial charge >= 0.3 is 0 Å². The third-order valence-corrected chi connectivity index (χ3v) is 4.14. The molecule has 3 rings (SSSR count). The van der Waals surface area contributed by atoms with Gasteiger partial charge in [-0.1, -0.05) is 44.0 Å². The second-order valence-corrected chi connectivity index (χ2v) is 6.04. The largest absolute Gasteiger partial charge is 0.228 e. The predicted molar refractivity (Wildman–Crippen MR) is 86.1 cm³/mol. The van der Waals surface area contributed by atoms with Crippen molar-refractivity contribution < 1.29 is 0 Å². The van der Waals surface area contributed by atoms with E-state index in [0.717, 1.165) is 16.1 Å². The van der Waals surface area contributed by atoms with Gasteiger partial charge in [-0.05, 0) is 41.7 Å². The first-order valence-corrected chi connectivity index (χ1v) is 7.51. The summed E-state index contributed by atoms with van der Waals surface area (Å²) in [5.41, 5.74) is 3.40. The van der Waals surface area contributed by atoms with Crippen LogP contribution < -0.4 is 0 Å². The van der Waals surface area contributed by atoms with E-state index in [2.05, 4.69) is 61.0 Å². The molecule has 0 fully saturated rings. The Hall–Kier alpha value is -2.11. The summed E-state index contributed by atoms with van der Waals surface area (Å²) in [5.74, 6) is 6.90. The molecule has 1 nitrogen and oxygen atoms in total. The standard InChI is InChI=1S/C18H15NS/c1-13(2)15-10-7-14(8-11-15)9-12-18-19-16-5-3-4-6-17(16)20-18/h3-8,10-11,13H,1-2H3. The summed E-state index contributed by atoms with van der Waals surface area (Å²) in [6.07, 6.45) is 0. The molecule has 1 aromatic heterocycles. The van der Waals surface area contributed by atoms with E-state index < -0.39 is 0 Å². The van der Waals surface area contributed by atoms with Crippen molar-refractivity contribution in [3.8, 4) is 11.8 Å². The molecular weight excluding hydrogens is 262 g/mol. The molecule has 0 aliphatic heterocycles. The van der Waals surface area contributed by atoms with E-state index in [1.165, 1.54) is 10.3 Å². The molecule has 3 aromatic rings. The zero-order chi connectivity index (χ0) is 13.9. The van der Waals surface area contributed by atoms with Crippen LogP contribution in [0.2, 0.25) is 0 Å². The Balaban J connectivity index is 1.87. The SMILES string of the molecule is CC(C)c1ccc(C#Cc2nc3ccccc3s2)cc1. The van der Waals surface area contributed by atoms with Crippen LogP contribution in [0.3, 0.4) is 0 Å². The lowest BCUT2D eigenvalue weighted by Crippen LogP contribution is -1.86. The van der Waals surface area contributed by atoms with Crippen LogP contribution >= 0.6 is 11.3 Å². The average molecular weight is 277 g/mol. The number of thiazole rings is 1. The number of hydrogen-bond acceptors (Lipinski definition) is 2. The molecule has 2 heteroatoms. The van der Waals surface area contributed by atoms with E-state index in [0.29, 0.717) is 5.92 Å². The molecule has 98 valence electrons. The average Bonchev–Trinajstić information content (AvgIpc) is 2.88. The molecule has 0 aliphatic carbocycles. The summed E-state index contributed by atoms with van der Waals surface area (Å²) in [6.45, 7) is 4.39. The number of para-hydroxylation sites is 1. The summed E-state index contributed by atoms with van der Waals surface area (Å²) in [5, 5.41) is 0.874. The first kappa shape index (κ1) is 12.9. The molecular formula is C18H15NS. The number of fused-ring (bicyclic) bond motifs is 1. The van der Waals surface area contributed by atoms with Gasteiger partial charge in [-0.25, -0.2) is 4.98 Å². The van der Waals surface area contributed by atoms with Crippen LogP contribution in [0.15, 0.2) is 48.5 Å². The lowest BCUT2D eigenvalue weighted by Gasteiger charge is -2.03. The Kier molecular flexibility index (Phi) is 3.54. The molecule has 0 N–H and O–H groups in total. The fourth-order valence-corrected chi connectivity index (χ4v) is 2.82. The molecule has 2 aromatic carbocycles. The Morgan fingerprint density at radius 1 is 0.950 bits per heavy atom. The van der Waals surface area contributed by atoms with Gasteiger partial charge in [0.15, 0.2) is 5.01 Å². The fraction of sp³-hybridized carbons (Fsp3) is 0.167. The van der Waals surface area contributed by atoms with Crippen molar-refractivity contribution in [2.45, 2.75) is 19.8 Å². The minimum absolute atomic E-state index is 0.557. The lowest BCUT2D eigenvalue weighted by atomic mass is 10.0. The monoisotopic (exact) mass is 277 g/mol. The molecule has 0 bridgehead atoms. The first-order valence-electron chi connectivity index (χ1n) is 6.70. The van der Waals surface area contributed by atoms with Crippen LogP contribution in [0.5, 0.6) is 0 Å². The molecule has 0 atom stereocenters. The van der Waals surface area contributed by atoms with Crippen molar-refractivity contribution in [3.05, 3.63) is 64.7 Å². The zero-order valence-corrected chi connectivity index (χ0v) is 12.4. The van der Waals surface area contributed by atoms with Gasteiger partial charge in [-0.3, -0.25) is 0 Å². The molecule has 20 heavy (non-hydrogen) atoms. The summed E-state index contributed by atoms with van der Waals surface area (Å²) < 4.78 is 1.19. The number of aromatic nitrogens is 1. The van der Waals surface area contributed by atoms with E-state index in [1.807, 2.05) is 18.2 Å². The van der Waals surface area contributed by atoms with E-state index in [4.69, 9.17) is 0 Å². The summed E-state index contributed by atoms with van der Waals surface area (Å²) >= 11 is 1.64. The summed E-state index contributed by atoms with van der Waals surface area (Å²) in [6, 6.07) is 16.6. The van der Waals surface area contributed by atoms with Gasteiger partial charge in [0.1, 0.15) is 0 Å². The second kappa shape index (κ2) is 5.48. The number of benzene rings is 2. The van der Waals surface area contributed by atoms with Crippen LogP contribution in [-0.2, 0) is 0 Å². The predicted octanol–water partition coefficient (Wildman–Crippen LogP) is 4.82. The Morgan fingerprint density at radius 3 is 2.40 bits per heavy atom. The minimum Gasteiger partial charge on any atom is -0.228 e. The van der Waals surface area contributed by atoms with E-state index >= 15 is 0 Å². The van der Waals surface area contributed by atoms with Crippen LogP contribution in [0, 0.1) is 11.8 Å². The highest BCUT2D eigenvalue weighted by Crippen LogP contribution is 2.20. The molecule has 0 saturated carbocycles. The van der Waals surface area contributed by atoms with Gasteiger partial charge in [0.25, 0.3) is 0 Å². The Morgan fingerprint density at radius 2 is 1.70 bits per heavy atom. The van der Waals surface area contributed by atoms with Crippen molar-refractivity contribution in [1.82, 2.24) is 4.98 Å². The van der Waals surface area contributed by atoms with Crippen molar-refractivity contribution in [2.75, 3.05) is 0 Å². The topological polar surface area (TPSA) is 12.9 Å². The second-order valence-electron chi connectivity index (χ2n) is 5.01. The van der Waals surface area contributed by atoms with E-state index in [9.17, 15) is 0 Å². The van der Waals surface area contributed by atoms with Gasteiger partial charge in [0, 0.05) is 5.56 Å². The quantitative estimate of drug-likeness (QED) is 0.581. The van der Waals surface area contributed by atoms with Crippen LogP contribution in [0.4, 0.5) is 0 Å². The zero-order valence-electron chi connectivity index (χ0n) is 11.6. The molecule has 1 heterocycles. The highest BCUT2D eigenvalue weighted by Gasteiger charge is 2.00. The maximum atomic E-state index is 4.52. The smallest absolute Gasteiger partial charge is 0.168 e. The van der Waals surface area contributed by atoms with Crippen molar-refractivity contribution in [2.24, 2.45) is 0 Å². The third-order valence-electron chi connectivity index (χ3n) is 3.19. The van der Waals surface area contributed by atoms with Crippen molar-refractivity contribution in [1.29, 1.82) is 0 Å². The van der Waals surface area contributed by atoms with E-state index in [1.54, 1.807) is 11.3 Å². The molecule has 0 radical (unpaired) electrons. The van der Waals surface area contributed by atoms with Crippen LogP contribution in [0.1, 0.15) is 35.9 Å². The molecule has 0 unspecified atom stereocenters. The van der Waals surface area contributed by atoms with E-state index in [-0.39, 0.29) is 0 Å². The first-order chi connectivity index (χ1) is 9.72. The highest BCUT2D eigenvalue weighted by molar-refractivity contribution is 7.19. The lowest BCUT2D eigenvalue weighted by molar-refractivity contribution is 0.866. The third kappa shape index (κ3) is 2.74. The van der Waals surface area contributed by atoms with Gasteiger partial charge < -0.3 is 0 Å². The number of hydrogen-bond donors (Lipinski definition) is 0. The Labute approximate surface area is 123 Å². The van der Waals surface area contributed by atoms with Gasteiger partial charge in [0.2, 0.25) is 0 Å². The maximum absolute atomic E-state index is 4.52. The van der Waals surface area contributed by atoms with Crippen LogP contribution in [0.25, 0.3) is 10.2 Å². The summed E-state index contributed by atoms with van der Waals surface area (Å²) in [7, 11) is 0. The normalized spacial score (nSPS) is 10.6. The number of nitrogens with zero attached hydrogens (tertiary/aromatic N) is 1. The van der Waals surface area contributed by atoms with Gasteiger partial charge in [-0.15, -0.1) is 11.3 Å². The highest BCUT2D eigenvalue weighted by atomic mass is 32.1. The van der Waals surface area contributed by atoms with Crippen molar-refractivity contribution >= 4 is 21.6 Å².